The van der Waals surface area contributed by atoms with Gasteiger partial charge in [-0.05, 0) is 89.9 Å². The summed E-state index contributed by atoms with van der Waals surface area (Å²) in [6.07, 6.45) is 102. The number of carbonyl (C=O) groups is 2. The highest BCUT2D eigenvalue weighted by atomic mass is 16.5. The van der Waals surface area contributed by atoms with Gasteiger partial charge in [0.1, 0.15) is 0 Å². The lowest BCUT2D eigenvalue weighted by Crippen LogP contribution is -2.45. The zero-order valence-electron chi connectivity index (χ0n) is 59.5. The Hall–Kier alpha value is -2.18. The van der Waals surface area contributed by atoms with Crippen molar-refractivity contribution < 1.29 is 24.5 Å². The molecule has 1 amide bonds. The van der Waals surface area contributed by atoms with Crippen molar-refractivity contribution in [1.29, 1.82) is 0 Å². The topological polar surface area (TPSA) is 95.9 Å². The maximum absolute atomic E-state index is 12.5. The fraction of sp³-hybridized carbons (Fsp3) is 0.878. The molecule has 88 heavy (non-hydrogen) atoms. The molecule has 3 N–H and O–H groups in total. The zero-order chi connectivity index (χ0) is 63.5. The highest BCUT2D eigenvalue weighted by molar-refractivity contribution is 5.76. The fourth-order valence-electron chi connectivity index (χ4n) is 12.5. The monoisotopic (exact) mass is 1230 g/mol. The van der Waals surface area contributed by atoms with E-state index >= 15 is 0 Å². The number of aliphatic hydroxyl groups excluding tert-OH is 2. The minimum atomic E-state index is -0.843. The minimum Gasteiger partial charge on any atom is -0.466 e. The van der Waals surface area contributed by atoms with Crippen LogP contribution in [0.3, 0.4) is 0 Å². The maximum atomic E-state index is 12.5. The van der Waals surface area contributed by atoms with E-state index in [-0.39, 0.29) is 18.5 Å². The summed E-state index contributed by atoms with van der Waals surface area (Å²) in [7, 11) is 0. The van der Waals surface area contributed by atoms with Crippen LogP contribution in [0, 0.1) is 0 Å². The number of allylic oxidation sites excluding steroid dienone is 7. The highest BCUT2D eigenvalue weighted by Crippen LogP contribution is 2.19. The van der Waals surface area contributed by atoms with Gasteiger partial charge >= 0.3 is 5.97 Å². The van der Waals surface area contributed by atoms with E-state index in [1.807, 2.05) is 6.08 Å². The molecule has 6 nitrogen and oxygen atoms in total. The molecule has 0 heterocycles. The van der Waals surface area contributed by atoms with E-state index in [9.17, 15) is 19.8 Å². The molecule has 6 heteroatoms. The van der Waals surface area contributed by atoms with Gasteiger partial charge < -0.3 is 20.3 Å². The first-order valence-corrected chi connectivity index (χ1v) is 39.9. The molecule has 0 aromatic carbocycles. The zero-order valence-corrected chi connectivity index (χ0v) is 59.5. The van der Waals surface area contributed by atoms with E-state index < -0.39 is 12.1 Å². The number of nitrogens with one attached hydrogen (secondary N) is 1. The lowest BCUT2D eigenvalue weighted by atomic mass is 10.0. The number of carbonyl (C=O) groups excluding carboxylic acids is 2. The molecule has 2 atom stereocenters. The van der Waals surface area contributed by atoms with Gasteiger partial charge in [-0.15, -0.1) is 0 Å². The molecule has 0 aliphatic heterocycles. The Kier molecular flexibility index (Phi) is 75.4. The third-order valence-corrected chi connectivity index (χ3v) is 18.6. The van der Waals surface area contributed by atoms with E-state index in [1.165, 1.54) is 360 Å². The molecule has 0 saturated heterocycles. The summed E-state index contributed by atoms with van der Waals surface area (Å²) < 4.78 is 5.50. The van der Waals surface area contributed by atoms with E-state index in [1.54, 1.807) is 6.08 Å². The number of aliphatic hydroxyl groups is 2. The molecule has 0 bridgehead atoms. The first-order chi connectivity index (χ1) is 43.5. The Morgan fingerprint density at radius 2 is 0.568 bits per heavy atom. The summed E-state index contributed by atoms with van der Waals surface area (Å²) in [5.41, 5.74) is 0. The van der Waals surface area contributed by atoms with Crippen molar-refractivity contribution in [3.05, 3.63) is 48.6 Å². The van der Waals surface area contributed by atoms with Crippen LogP contribution in [-0.2, 0) is 14.3 Å². The molecular weight excluding hydrogens is 1080 g/mol. The number of rotatable bonds is 75. The average molecular weight is 1240 g/mol. The van der Waals surface area contributed by atoms with Crippen molar-refractivity contribution in [3.63, 3.8) is 0 Å². The number of hydrogen-bond donors (Lipinski definition) is 3. The van der Waals surface area contributed by atoms with E-state index in [4.69, 9.17) is 4.74 Å². The second-order valence-corrected chi connectivity index (χ2v) is 27.4. The van der Waals surface area contributed by atoms with Crippen molar-refractivity contribution in [1.82, 2.24) is 5.32 Å². The van der Waals surface area contributed by atoms with Gasteiger partial charge in [0.25, 0.3) is 0 Å². The van der Waals surface area contributed by atoms with E-state index in [2.05, 4.69) is 55.6 Å². The summed E-state index contributed by atoms with van der Waals surface area (Å²) >= 11 is 0. The molecule has 0 radical (unpaired) electrons. The van der Waals surface area contributed by atoms with Crippen molar-refractivity contribution in [2.75, 3.05) is 13.2 Å². The van der Waals surface area contributed by atoms with Gasteiger partial charge in [0.15, 0.2) is 0 Å². The average Bonchev–Trinajstić information content (AvgIpc) is 3.58. The molecule has 0 fully saturated rings. The van der Waals surface area contributed by atoms with Crippen LogP contribution >= 0.6 is 0 Å². The van der Waals surface area contributed by atoms with Crippen molar-refractivity contribution >= 4 is 11.9 Å². The molecule has 0 aliphatic rings. The van der Waals surface area contributed by atoms with Crippen molar-refractivity contribution in [3.8, 4) is 0 Å². The van der Waals surface area contributed by atoms with Crippen molar-refractivity contribution in [2.24, 2.45) is 0 Å². The third kappa shape index (κ3) is 72.9. The quantitative estimate of drug-likeness (QED) is 0.0320. The second-order valence-electron chi connectivity index (χ2n) is 27.4. The van der Waals surface area contributed by atoms with Gasteiger partial charge in [0.05, 0.1) is 25.4 Å². The van der Waals surface area contributed by atoms with Crippen LogP contribution in [-0.4, -0.2) is 47.4 Å². The molecule has 0 aliphatic carbocycles. The fourth-order valence-corrected chi connectivity index (χ4v) is 12.5. The first-order valence-electron chi connectivity index (χ1n) is 39.9. The minimum absolute atomic E-state index is 0.0126. The van der Waals surface area contributed by atoms with Crippen molar-refractivity contribution in [2.45, 2.75) is 450 Å². The Balaban J connectivity index is 3.37. The largest absolute Gasteiger partial charge is 0.466 e. The van der Waals surface area contributed by atoms with Gasteiger partial charge in [-0.3, -0.25) is 9.59 Å². The summed E-state index contributed by atoms with van der Waals surface area (Å²) in [5.74, 6) is -0.0492. The SMILES string of the molecule is CCCCCCCC/C=C\CCCCCCCC(=O)OCCCCCCCCCCCCCCCCC/C=C\C/C=C\CCCCCCCCCCCCCCCCCCCC(=O)NC(CO)C(O)/C=C/CCCCCCCCCCCCCCCCC. The van der Waals surface area contributed by atoms with Gasteiger partial charge in [0.2, 0.25) is 5.91 Å². The Morgan fingerprint density at radius 3 is 0.875 bits per heavy atom. The van der Waals surface area contributed by atoms with E-state index in [0.717, 1.165) is 51.4 Å². The smallest absolute Gasteiger partial charge is 0.305 e. The predicted molar refractivity (Wildman–Crippen MR) is 389 cm³/mol. The van der Waals surface area contributed by atoms with Crippen LogP contribution in [0.5, 0.6) is 0 Å². The van der Waals surface area contributed by atoms with Gasteiger partial charge in [-0.1, -0.05) is 383 Å². The van der Waals surface area contributed by atoms with Crippen LogP contribution < -0.4 is 5.32 Å². The Morgan fingerprint density at radius 1 is 0.318 bits per heavy atom. The third-order valence-electron chi connectivity index (χ3n) is 18.6. The molecule has 518 valence electrons. The van der Waals surface area contributed by atoms with Crippen LogP contribution in [0.15, 0.2) is 48.6 Å². The lowest BCUT2D eigenvalue weighted by Gasteiger charge is -2.20. The lowest BCUT2D eigenvalue weighted by molar-refractivity contribution is -0.143. The Labute approximate surface area is 550 Å². The van der Waals surface area contributed by atoms with Crippen LogP contribution in [0.2, 0.25) is 0 Å². The van der Waals surface area contributed by atoms with E-state index in [0.29, 0.717) is 19.4 Å². The summed E-state index contributed by atoms with van der Waals surface area (Å²) in [4.78, 5) is 24.6. The number of unbranched alkanes of at least 4 members (excludes halogenated alkanes) is 58. The molecule has 2 unspecified atom stereocenters. The molecule has 0 aromatic rings. The number of ether oxygens (including phenoxy) is 1. The normalized spacial score (nSPS) is 12.7. The van der Waals surface area contributed by atoms with Crippen LogP contribution in [0.1, 0.15) is 438 Å². The molecule has 0 saturated carbocycles. The van der Waals surface area contributed by atoms with Gasteiger partial charge in [-0.2, -0.15) is 0 Å². The Bertz CT molecular complexity index is 1470. The molecular formula is C82H155NO5. The standard InChI is InChI=1S/C82H155NO5/c1-3-5-7-9-11-13-15-17-19-43-47-50-54-58-62-66-70-74-80(85)79(78-84)83-81(86)75-71-67-63-59-55-51-48-44-41-39-37-35-33-31-29-27-25-23-21-20-22-24-26-28-30-32-34-36-38-40-42-45-49-53-57-61-65-69-73-77-88-82(87)76-72-68-64-60-56-52-46-18-16-14-12-10-8-6-4-2/h18,20-21,24,26,46,70,74,79-80,84-85H,3-17,19,22-23,25,27-45,47-69,71-73,75-78H2,1-2H3,(H,83,86)/b21-20-,26-24-,46-18-,74-70+. The number of amides is 1. The summed E-state index contributed by atoms with van der Waals surface area (Å²) in [6.45, 7) is 4.93. The number of hydrogen-bond acceptors (Lipinski definition) is 5. The first kappa shape index (κ1) is 85.8. The molecule has 0 spiro atoms. The van der Waals surface area contributed by atoms with Gasteiger partial charge in [-0.25, -0.2) is 0 Å². The van der Waals surface area contributed by atoms with Gasteiger partial charge in [0, 0.05) is 12.8 Å². The maximum Gasteiger partial charge on any atom is 0.305 e. The highest BCUT2D eigenvalue weighted by Gasteiger charge is 2.18. The predicted octanol–water partition coefficient (Wildman–Crippen LogP) is 26.4. The second kappa shape index (κ2) is 77.3. The summed E-state index contributed by atoms with van der Waals surface area (Å²) in [6, 6.07) is -0.626. The number of esters is 1. The summed E-state index contributed by atoms with van der Waals surface area (Å²) in [5, 5.41) is 23.2. The molecule has 0 rings (SSSR count). The van der Waals surface area contributed by atoms with Crippen LogP contribution in [0.25, 0.3) is 0 Å². The van der Waals surface area contributed by atoms with Crippen LogP contribution in [0.4, 0.5) is 0 Å². The molecule has 0 aromatic heterocycles.